The number of H-pyrrole nitrogens is 1. The van der Waals surface area contributed by atoms with E-state index >= 15 is 0 Å². The number of amides is 1. The lowest BCUT2D eigenvalue weighted by atomic mass is 9.96. The zero-order valence-corrected chi connectivity index (χ0v) is 28.0. The summed E-state index contributed by atoms with van der Waals surface area (Å²) in [5.41, 5.74) is -2.32. The number of aliphatic hydroxyl groups is 2. The van der Waals surface area contributed by atoms with Gasteiger partial charge >= 0.3 is 7.82 Å². The maximum atomic E-state index is 12.6. The van der Waals surface area contributed by atoms with E-state index in [0.29, 0.717) is 6.61 Å². The highest BCUT2D eigenvalue weighted by Gasteiger charge is 2.53. The van der Waals surface area contributed by atoms with E-state index in [-0.39, 0.29) is 23.9 Å². The van der Waals surface area contributed by atoms with Crippen molar-refractivity contribution in [3.63, 3.8) is 0 Å². The largest absolute Gasteiger partial charge is 0.472 e. The molecule has 0 bridgehead atoms. The van der Waals surface area contributed by atoms with Crippen LogP contribution in [0.5, 0.6) is 0 Å². The van der Waals surface area contributed by atoms with Crippen molar-refractivity contribution in [3.8, 4) is 0 Å². The molecule has 1 fully saturated rings. The van der Waals surface area contributed by atoms with E-state index < -0.39 is 50.1 Å². The fourth-order valence-electron chi connectivity index (χ4n) is 5.07. The van der Waals surface area contributed by atoms with E-state index in [0.717, 1.165) is 19.3 Å². The third-order valence-electron chi connectivity index (χ3n) is 7.57. The fourth-order valence-corrected chi connectivity index (χ4v) is 6.10. The lowest BCUT2D eigenvalue weighted by molar-refractivity contribution is -0.120. The van der Waals surface area contributed by atoms with Crippen LogP contribution in [0.1, 0.15) is 104 Å². The first-order chi connectivity index (χ1) is 20.9. The molecule has 2 heterocycles. The van der Waals surface area contributed by atoms with Gasteiger partial charge in [0.2, 0.25) is 5.91 Å². The van der Waals surface area contributed by atoms with Gasteiger partial charge in [-0.25, -0.2) is 4.57 Å². The molecule has 0 radical (unpaired) electrons. The summed E-state index contributed by atoms with van der Waals surface area (Å²) < 4.78 is 35.3. The van der Waals surface area contributed by atoms with Crippen LogP contribution in [0, 0.1) is 4.77 Å². The number of hydrogen-bond donors (Lipinski definition) is 5. The van der Waals surface area contributed by atoms with Crippen molar-refractivity contribution < 1.29 is 43.0 Å². The van der Waals surface area contributed by atoms with Crippen LogP contribution < -0.4 is 10.9 Å². The molecule has 1 aliphatic rings. The zero-order chi connectivity index (χ0) is 32.6. The number of ether oxygens (including phenoxy) is 2. The van der Waals surface area contributed by atoms with Crippen molar-refractivity contribution in [3.05, 3.63) is 27.4 Å². The van der Waals surface area contributed by atoms with Crippen molar-refractivity contribution >= 4 is 25.9 Å². The predicted octanol–water partition coefficient (Wildman–Crippen LogP) is 4.27. The van der Waals surface area contributed by atoms with Gasteiger partial charge in [0, 0.05) is 25.8 Å². The third kappa shape index (κ3) is 13.9. The molecule has 1 aromatic rings. The fraction of sp³-hybridized carbons (Fsp3) is 0.828. The molecular weight excluding hydrogens is 613 g/mol. The monoisotopic (exact) mass is 665 g/mol. The van der Waals surface area contributed by atoms with Crippen LogP contribution in [0.25, 0.3) is 0 Å². The summed E-state index contributed by atoms with van der Waals surface area (Å²) in [7, 11) is -4.65. The molecule has 5 N–H and O–H groups in total. The highest BCUT2D eigenvalue weighted by molar-refractivity contribution is 7.71. The Balaban J connectivity index is 1.69. The summed E-state index contributed by atoms with van der Waals surface area (Å²) >= 11 is 5.11. The Kier molecular flexibility index (Phi) is 17.5. The molecule has 0 aliphatic carbocycles. The molecule has 13 nitrogen and oxygen atoms in total. The van der Waals surface area contributed by atoms with Gasteiger partial charge in [-0.05, 0) is 25.6 Å². The van der Waals surface area contributed by atoms with E-state index in [4.69, 9.17) is 30.7 Å². The van der Waals surface area contributed by atoms with Crippen molar-refractivity contribution in [2.24, 2.45) is 0 Å². The molecule has 254 valence electrons. The summed E-state index contributed by atoms with van der Waals surface area (Å²) in [5, 5.41) is 24.1. The minimum atomic E-state index is -4.65. The normalized spacial score (nSPS) is 23.8. The maximum absolute atomic E-state index is 12.6. The summed E-state index contributed by atoms with van der Waals surface area (Å²) in [6.07, 6.45) is 12.2. The number of rotatable bonds is 23. The van der Waals surface area contributed by atoms with Gasteiger partial charge in [0.1, 0.15) is 17.8 Å². The number of carbonyl (C=O) groups excluding carboxylic acids is 1. The average Bonchev–Trinajstić information content (AvgIpc) is 3.18. The van der Waals surface area contributed by atoms with Gasteiger partial charge < -0.3 is 29.9 Å². The smallest absolute Gasteiger partial charge is 0.387 e. The number of hydrogen-bond acceptors (Lipinski definition) is 10. The highest BCUT2D eigenvalue weighted by Crippen LogP contribution is 2.45. The molecule has 1 amide bonds. The highest BCUT2D eigenvalue weighted by atomic mass is 32.1. The van der Waals surface area contributed by atoms with E-state index in [1.807, 2.05) is 0 Å². The van der Waals surface area contributed by atoms with Gasteiger partial charge in [-0.1, -0.05) is 77.6 Å². The zero-order valence-electron chi connectivity index (χ0n) is 26.3. The van der Waals surface area contributed by atoms with Crippen LogP contribution in [0.2, 0.25) is 0 Å². The van der Waals surface area contributed by atoms with E-state index in [2.05, 4.69) is 17.2 Å². The van der Waals surface area contributed by atoms with Gasteiger partial charge in [0.05, 0.1) is 25.9 Å². The molecule has 0 saturated carbocycles. The molecule has 1 saturated heterocycles. The van der Waals surface area contributed by atoms with Crippen LogP contribution >= 0.6 is 20.0 Å². The van der Waals surface area contributed by atoms with Crippen molar-refractivity contribution in [1.29, 1.82) is 0 Å². The number of carbonyl (C=O) groups is 1. The Morgan fingerprint density at radius 2 is 1.70 bits per heavy atom. The van der Waals surface area contributed by atoms with Crippen molar-refractivity contribution in [2.75, 3.05) is 26.4 Å². The van der Waals surface area contributed by atoms with Crippen LogP contribution in [0.4, 0.5) is 0 Å². The third-order valence-corrected chi connectivity index (χ3v) is 8.83. The minimum absolute atomic E-state index is 0.0438. The summed E-state index contributed by atoms with van der Waals surface area (Å²) in [5.74, 6) is -0.349. The molecule has 1 aromatic heterocycles. The van der Waals surface area contributed by atoms with Gasteiger partial charge in [-0.3, -0.25) is 28.2 Å². The molecule has 1 aliphatic heterocycles. The van der Waals surface area contributed by atoms with Gasteiger partial charge in [0.25, 0.3) is 5.56 Å². The summed E-state index contributed by atoms with van der Waals surface area (Å²) in [6.45, 7) is 4.49. The first-order valence-corrected chi connectivity index (χ1v) is 17.6. The molecule has 2 unspecified atom stereocenters. The van der Waals surface area contributed by atoms with E-state index in [1.54, 1.807) is 0 Å². The van der Waals surface area contributed by atoms with E-state index in [9.17, 15) is 29.3 Å². The second kappa shape index (κ2) is 19.9. The first kappa shape index (κ1) is 38.7. The number of aromatic amines is 1. The Hall–Kier alpha value is -1.48. The van der Waals surface area contributed by atoms with Crippen molar-refractivity contribution in [2.45, 2.75) is 128 Å². The van der Waals surface area contributed by atoms with Crippen molar-refractivity contribution in [1.82, 2.24) is 14.9 Å². The SMILES string of the molecule is CCCCCCCCCCCCCCOC[C@H](COP(=O)(O)OC[C@H]1O[C@@H](n2ccc(=O)[nH]c2=S)[C@](C)(O)C1O)NC(C)=O. The lowest BCUT2D eigenvalue weighted by Gasteiger charge is -2.28. The van der Waals surface area contributed by atoms with Crippen LogP contribution in [-0.2, 0) is 27.9 Å². The Morgan fingerprint density at radius 1 is 1.11 bits per heavy atom. The molecule has 6 atom stereocenters. The van der Waals surface area contributed by atoms with Crippen LogP contribution in [0.3, 0.4) is 0 Å². The molecular formula is C29H52N3O10PS. The number of phosphoric ester groups is 1. The van der Waals surface area contributed by atoms with Crippen LogP contribution in [0.15, 0.2) is 17.1 Å². The molecule has 15 heteroatoms. The van der Waals surface area contributed by atoms with E-state index in [1.165, 1.54) is 88.5 Å². The quantitative estimate of drug-likeness (QED) is 0.0640. The number of aliphatic hydroxyl groups excluding tert-OH is 1. The number of aromatic nitrogens is 2. The Labute approximate surface area is 265 Å². The molecule has 0 spiro atoms. The minimum Gasteiger partial charge on any atom is -0.387 e. The molecule has 0 aromatic carbocycles. The van der Waals surface area contributed by atoms with Gasteiger partial charge in [0.15, 0.2) is 11.0 Å². The van der Waals surface area contributed by atoms with Crippen LogP contribution in [-0.4, -0.2) is 80.8 Å². The number of nitrogens with one attached hydrogen (secondary N) is 2. The first-order valence-electron chi connectivity index (χ1n) is 15.7. The second-order valence-corrected chi connectivity index (χ2v) is 13.5. The predicted molar refractivity (Wildman–Crippen MR) is 168 cm³/mol. The van der Waals surface area contributed by atoms with Gasteiger partial charge in [-0.15, -0.1) is 0 Å². The summed E-state index contributed by atoms with van der Waals surface area (Å²) in [6, 6.07) is 0.490. The maximum Gasteiger partial charge on any atom is 0.472 e. The Bertz CT molecular complexity index is 1150. The lowest BCUT2D eigenvalue weighted by Crippen LogP contribution is -2.44. The number of phosphoric acid groups is 1. The molecule has 44 heavy (non-hydrogen) atoms. The number of nitrogens with zero attached hydrogens (tertiary/aromatic N) is 1. The number of unbranched alkanes of at least 4 members (excludes halogenated alkanes) is 11. The second-order valence-electron chi connectivity index (χ2n) is 11.6. The molecule has 2 rings (SSSR count). The average molecular weight is 666 g/mol. The summed E-state index contributed by atoms with van der Waals surface area (Å²) in [4.78, 5) is 35.7. The Morgan fingerprint density at radius 3 is 2.27 bits per heavy atom. The topological polar surface area (TPSA) is 182 Å². The standard InChI is InChI=1S/C29H52N3O10PS/c1-4-5-6-7-8-9-10-11-12-13-14-15-18-39-19-23(30-22(2)33)20-40-43(37,38)41-21-24-26(35)29(3,36)27(42-24)32-17-16-25(34)31-28(32)44/h16-17,23-24,26-27,35-36H,4-15,18-21H2,1-3H3,(H,30,33)(H,37,38)(H,31,34,44)/t23-,24-,26?,27-,29-/m1/s1. The van der Waals surface area contributed by atoms with Gasteiger partial charge in [-0.2, -0.15) is 0 Å².